The predicted molar refractivity (Wildman–Crippen MR) is 141 cm³/mol. The Kier molecular flexibility index (Phi) is 7.56. The SMILES string of the molecule is CC(=O)N(c1ccccc1)C1CCN(C(c2c[nH]c3ccccc23)C(C=O)CC(C)(N)C(N)=O)CC1. The van der Waals surface area contributed by atoms with Gasteiger partial charge in [-0.15, -0.1) is 0 Å². The second-order valence-corrected chi connectivity index (χ2v) is 10.0. The van der Waals surface area contributed by atoms with E-state index in [9.17, 15) is 14.4 Å². The molecule has 2 heterocycles. The Labute approximate surface area is 211 Å². The minimum atomic E-state index is -1.31. The number of benzene rings is 2. The van der Waals surface area contributed by atoms with Crippen molar-refractivity contribution in [2.24, 2.45) is 17.4 Å². The molecule has 1 aliphatic rings. The first kappa shape index (κ1) is 25.6. The molecular weight excluding hydrogens is 454 g/mol. The van der Waals surface area contributed by atoms with Crippen LogP contribution in [0.2, 0.25) is 0 Å². The van der Waals surface area contributed by atoms with Crippen molar-refractivity contribution in [3.05, 3.63) is 66.4 Å². The lowest BCUT2D eigenvalue weighted by Crippen LogP contribution is -2.53. The summed E-state index contributed by atoms with van der Waals surface area (Å²) in [6.45, 7) is 4.55. The predicted octanol–water partition coefficient (Wildman–Crippen LogP) is 3.13. The Hall–Kier alpha value is -3.49. The number of nitrogens with two attached hydrogens (primary N) is 2. The van der Waals surface area contributed by atoms with E-state index in [1.165, 1.54) is 0 Å². The van der Waals surface area contributed by atoms with Gasteiger partial charge in [-0.3, -0.25) is 14.5 Å². The molecule has 190 valence electrons. The molecule has 3 atom stereocenters. The molecule has 1 aromatic heterocycles. The molecule has 36 heavy (non-hydrogen) atoms. The average Bonchev–Trinajstić information content (AvgIpc) is 3.29. The van der Waals surface area contributed by atoms with Crippen LogP contribution in [0.15, 0.2) is 60.8 Å². The highest BCUT2D eigenvalue weighted by Crippen LogP contribution is 2.38. The maximum atomic E-state index is 12.6. The van der Waals surface area contributed by atoms with Crippen LogP contribution in [0, 0.1) is 5.92 Å². The van der Waals surface area contributed by atoms with Crippen molar-refractivity contribution >= 4 is 34.7 Å². The van der Waals surface area contributed by atoms with E-state index >= 15 is 0 Å². The van der Waals surface area contributed by atoms with Gasteiger partial charge in [0.25, 0.3) is 0 Å². The molecule has 1 saturated heterocycles. The van der Waals surface area contributed by atoms with Gasteiger partial charge in [-0.05, 0) is 49.9 Å². The molecule has 1 aliphatic heterocycles. The van der Waals surface area contributed by atoms with E-state index in [-0.39, 0.29) is 24.4 Å². The topological polar surface area (TPSA) is 126 Å². The maximum absolute atomic E-state index is 12.6. The summed E-state index contributed by atoms with van der Waals surface area (Å²) in [6, 6.07) is 17.5. The Morgan fingerprint density at radius 3 is 2.39 bits per heavy atom. The summed E-state index contributed by atoms with van der Waals surface area (Å²) in [5.74, 6) is -1.16. The lowest BCUT2D eigenvalue weighted by molar-refractivity contribution is -0.124. The van der Waals surface area contributed by atoms with Gasteiger partial charge < -0.3 is 26.1 Å². The van der Waals surface area contributed by atoms with Gasteiger partial charge in [0.1, 0.15) is 6.29 Å². The van der Waals surface area contributed by atoms with Crippen LogP contribution >= 0.6 is 0 Å². The summed E-state index contributed by atoms with van der Waals surface area (Å²) in [5, 5.41) is 1.03. The second-order valence-electron chi connectivity index (χ2n) is 10.0. The molecule has 0 aliphatic carbocycles. The molecule has 5 N–H and O–H groups in total. The average molecular weight is 490 g/mol. The normalized spacial score (nSPS) is 18.3. The number of fused-ring (bicyclic) bond motifs is 1. The number of hydrogen-bond acceptors (Lipinski definition) is 5. The molecule has 3 unspecified atom stereocenters. The van der Waals surface area contributed by atoms with E-state index in [1.807, 2.05) is 65.7 Å². The fraction of sp³-hybridized carbons (Fsp3) is 0.393. The highest BCUT2D eigenvalue weighted by Gasteiger charge is 2.39. The number of hydrogen-bond donors (Lipinski definition) is 3. The third-order valence-electron chi connectivity index (χ3n) is 7.37. The second kappa shape index (κ2) is 10.6. The number of carbonyl (C=O) groups excluding carboxylic acids is 3. The summed E-state index contributed by atoms with van der Waals surface area (Å²) in [6.07, 6.45) is 4.50. The van der Waals surface area contributed by atoms with Crippen molar-refractivity contribution in [2.75, 3.05) is 18.0 Å². The van der Waals surface area contributed by atoms with Crippen LogP contribution in [0.25, 0.3) is 10.9 Å². The fourth-order valence-corrected chi connectivity index (χ4v) is 5.52. The molecule has 1 fully saturated rings. The van der Waals surface area contributed by atoms with Crippen molar-refractivity contribution in [3.63, 3.8) is 0 Å². The molecule has 8 heteroatoms. The Bertz CT molecular complexity index is 1210. The number of likely N-dealkylation sites (tertiary alicyclic amines) is 1. The Balaban J connectivity index is 1.64. The van der Waals surface area contributed by atoms with E-state index in [0.29, 0.717) is 13.1 Å². The molecular formula is C28H35N5O3. The summed E-state index contributed by atoms with van der Waals surface area (Å²) in [5.41, 5.74) is 13.3. The molecule has 0 bridgehead atoms. The summed E-state index contributed by atoms with van der Waals surface area (Å²) in [7, 11) is 0. The number of para-hydroxylation sites is 2. The summed E-state index contributed by atoms with van der Waals surface area (Å²) < 4.78 is 0. The number of H-pyrrole nitrogens is 1. The highest BCUT2D eigenvalue weighted by molar-refractivity contribution is 5.92. The van der Waals surface area contributed by atoms with Crippen molar-refractivity contribution in [2.45, 2.75) is 50.7 Å². The number of aromatic nitrogens is 1. The highest BCUT2D eigenvalue weighted by atomic mass is 16.2. The fourth-order valence-electron chi connectivity index (χ4n) is 5.52. The number of aromatic amines is 1. The van der Waals surface area contributed by atoms with Crippen molar-refractivity contribution in [3.8, 4) is 0 Å². The first-order valence-electron chi connectivity index (χ1n) is 12.4. The number of nitrogens with one attached hydrogen (secondary N) is 1. The number of anilines is 1. The van der Waals surface area contributed by atoms with E-state index in [0.717, 1.165) is 41.3 Å². The lowest BCUT2D eigenvalue weighted by atomic mass is 9.81. The minimum Gasteiger partial charge on any atom is -0.368 e. The number of carbonyl (C=O) groups is 3. The number of aldehydes is 1. The van der Waals surface area contributed by atoms with E-state index in [1.54, 1.807) is 13.8 Å². The van der Waals surface area contributed by atoms with Gasteiger partial charge in [-0.2, -0.15) is 0 Å². The van der Waals surface area contributed by atoms with Crippen molar-refractivity contribution < 1.29 is 14.4 Å². The largest absolute Gasteiger partial charge is 0.368 e. The maximum Gasteiger partial charge on any atom is 0.237 e. The van der Waals surface area contributed by atoms with Gasteiger partial charge in [0, 0.05) is 60.8 Å². The zero-order chi connectivity index (χ0) is 25.9. The molecule has 3 aromatic rings. The molecule has 2 aromatic carbocycles. The van der Waals surface area contributed by atoms with E-state index in [2.05, 4.69) is 9.88 Å². The number of piperidine rings is 1. The lowest BCUT2D eigenvalue weighted by Gasteiger charge is -2.43. The standard InChI is InChI=1S/C28H35N5O3/c1-19(35)33(21-8-4-3-5-9-21)22-12-14-32(15-13-22)26(20(18-34)16-28(2,30)27(29)36)24-17-31-25-11-7-6-10-23(24)25/h3-11,17-18,20,22,26,31H,12-16,30H2,1-2H3,(H2,29,36). The van der Waals surface area contributed by atoms with Gasteiger partial charge in [0.15, 0.2) is 0 Å². The number of rotatable bonds is 9. The molecule has 4 rings (SSSR count). The molecule has 8 nitrogen and oxygen atoms in total. The first-order chi connectivity index (χ1) is 17.2. The number of nitrogens with zero attached hydrogens (tertiary/aromatic N) is 2. The zero-order valence-electron chi connectivity index (χ0n) is 20.9. The van der Waals surface area contributed by atoms with Crippen LogP contribution in [-0.2, 0) is 14.4 Å². The van der Waals surface area contributed by atoms with Crippen LogP contribution in [0.5, 0.6) is 0 Å². The molecule has 0 spiro atoms. The third-order valence-corrected chi connectivity index (χ3v) is 7.37. The quantitative estimate of drug-likeness (QED) is 0.398. The van der Waals surface area contributed by atoms with E-state index < -0.39 is 17.4 Å². The Morgan fingerprint density at radius 2 is 1.78 bits per heavy atom. The molecule has 0 radical (unpaired) electrons. The van der Waals surface area contributed by atoms with Crippen LogP contribution < -0.4 is 16.4 Å². The monoisotopic (exact) mass is 489 g/mol. The van der Waals surface area contributed by atoms with Gasteiger partial charge in [-0.25, -0.2) is 0 Å². The summed E-state index contributed by atoms with van der Waals surface area (Å²) >= 11 is 0. The van der Waals surface area contributed by atoms with Crippen LogP contribution in [-0.4, -0.2) is 52.7 Å². The first-order valence-corrected chi connectivity index (χ1v) is 12.4. The number of amides is 2. The Morgan fingerprint density at radius 1 is 1.14 bits per heavy atom. The number of primary amides is 1. The molecule has 2 amide bonds. The minimum absolute atomic E-state index is 0.0129. The van der Waals surface area contributed by atoms with Crippen molar-refractivity contribution in [1.82, 2.24) is 9.88 Å². The van der Waals surface area contributed by atoms with Gasteiger partial charge >= 0.3 is 0 Å². The van der Waals surface area contributed by atoms with Crippen LogP contribution in [0.1, 0.15) is 44.7 Å². The summed E-state index contributed by atoms with van der Waals surface area (Å²) in [4.78, 5) is 44.5. The van der Waals surface area contributed by atoms with E-state index in [4.69, 9.17) is 11.5 Å². The smallest absolute Gasteiger partial charge is 0.237 e. The van der Waals surface area contributed by atoms with Gasteiger partial charge in [0.05, 0.1) is 5.54 Å². The van der Waals surface area contributed by atoms with Gasteiger partial charge in [0.2, 0.25) is 11.8 Å². The zero-order valence-corrected chi connectivity index (χ0v) is 20.9. The van der Waals surface area contributed by atoms with Crippen LogP contribution in [0.4, 0.5) is 5.69 Å². The van der Waals surface area contributed by atoms with Crippen LogP contribution in [0.3, 0.4) is 0 Å². The molecule has 0 saturated carbocycles. The van der Waals surface area contributed by atoms with Crippen molar-refractivity contribution in [1.29, 1.82) is 0 Å². The van der Waals surface area contributed by atoms with Gasteiger partial charge in [-0.1, -0.05) is 36.4 Å². The third kappa shape index (κ3) is 5.20.